The van der Waals surface area contributed by atoms with Crippen LogP contribution < -0.4 is 0 Å². The Kier molecular flexibility index (Phi) is 13.5. The predicted molar refractivity (Wildman–Crippen MR) is 93.9 cm³/mol. The average molecular weight is 348 g/mol. The first kappa shape index (κ1) is 23.5. The van der Waals surface area contributed by atoms with Crippen LogP contribution in [0.15, 0.2) is 12.2 Å². The molecule has 0 amide bonds. The zero-order chi connectivity index (χ0) is 18.5. The van der Waals surface area contributed by atoms with Crippen molar-refractivity contribution in [3.63, 3.8) is 0 Å². The Bertz CT molecular complexity index is 293. The normalized spacial score (nSPS) is 19.8. The molecule has 0 N–H and O–H groups in total. The van der Waals surface area contributed by atoms with Crippen molar-refractivity contribution in [1.29, 1.82) is 0 Å². The molecule has 24 heavy (non-hydrogen) atoms. The van der Waals surface area contributed by atoms with Gasteiger partial charge in [0, 0.05) is 53.5 Å². The van der Waals surface area contributed by atoms with Crippen LogP contribution in [0.3, 0.4) is 0 Å². The quantitative estimate of drug-likeness (QED) is 0.355. The maximum Gasteiger partial charge on any atom is 0.162 e. The zero-order valence-electron chi connectivity index (χ0n) is 16.5. The van der Waals surface area contributed by atoms with Crippen LogP contribution in [0.25, 0.3) is 0 Å². The molecule has 0 saturated heterocycles. The van der Waals surface area contributed by atoms with Gasteiger partial charge in [-0.3, -0.25) is 0 Å². The van der Waals surface area contributed by atoms with Crippen molar-refractivity contribution in [2.24, 2.45) is 11.8 Å². The van der Waals surface area contributed by atoms with Gasteiger partial charge in [0.1, 0.15) is 0 Å². The molecule has 0 radical (unpaired) electrons. The SMILES string of the molecule is CCOC(OC)C(C)C(/C=C/C(OC)C(C)C(OC)OCC)OC. The highest BCUT2D eigenvalue weighted by molar-refractivity contribution is 4.99. The van der Waals surface area contributed by atoms with Crippen molar-refractivity contribution >= 4 is 0 Å². The first-order valence-electron chi connectivity index (χ1n) is 8.53. The third kappa shape index (κ3) is 7.59. The largest absolute Gasteiger partial charge is 0.377 e. The van der Waals surface area contributed by atoms with E-state index >= 15 is 0 Å². The summed E-state index contributed by atoms with van der Waals surface area (Å²) < 4.78 is 33.2. The van der Waals surface area contributed by atoms with Crippen LogP contribution in [0.1, 0.15) is 27.7 Å². The van der Waals surface area contributed by atoms with Gasteiger partial charge in [-0.05, 0) is 13.8 Å². The molecule has 0 aromatic carbocycles. The molecule has 0 aliphatic rings. The molecule has 144 valence electrons. The van der Waals surface area contributed by atoms with Crippen LogP contribution in [-0.4, -0.2) is 66.4 Å². The van der Waals surface area contributed by atoms with Crippen molar-refractivity contribution in [2.75, 3.05) is 41.7 Å². The molecule has 0 aliphatic carbocycles. The lowest BCUT2D eigenvalue weighted by Gasteiger charge is -2.29. The summed E-state index contributed by atoms with van der Waals surface area (Å²) in [6, 6.07) is 0. The van der Waals surface area contributed by atoms with Gasteiger partial charge >= 0.3 is 0 Å². The van der Waals surface area contributed by atoms with Crippen LogP contribution in [0.4, 0.5) is 0 Å². The number of methoxy groups -OCH3 is 4. The van der Waals surface area contributed by atoms with Gasteiger partial charge < -0.3 is 28.4 Å². The van der Waals surface area contributed by atoms with E-state index in [1.807, 2.05) is 39.8 Å². The summed E-state index contributed by atoms with van der Waals surface area (Å²) >= 11 is 0. The minimum absolute atomic E-state index is 0.0362. The number of hydrogen-bond donors (Lipinski definition) is 0. The minimum atomic E-state index is -0.321. The summed E-state index contributed by atoms with van der Waals surface area (Å²) in [5, 5.41) is 0. The molecule has 6 heteroatoms. The molecule has 0 aromatic rings. The van der Waals surface area contributed by atoms with E-state index in [0.717, 1.165) is 0 Å². The molecule has 0 aromatic heterocycles. The van der Waals surface area contributed by atoms with Gasteiger partial charge in [-0.1, -0.05) is 26.0 Å². The van der Waals surface area contributed by atoms with Crippen LogP contribution in [0.2, 0.25) is 0 Å². The molecule has 6 atom stereocenters. The summed E-state index contributed by atoms with van der Waals surface area (Å²) in [7, 11) is 6.62. The molecular weight excluding hydrogens is 312 g/mol. The van der Waals surface area contributed by atoms with E-state index in [4.69, 9.17) is 28.4 Å². The standard InChI is InChI=1S/C18H36O6/c1-9-23-17(21-7)13(3)15(19-5)11-12-16(20-6)14(4)18(22-8)24-10-2/h11-18H,9-10H2,1-8H3/b12-11+. The van der Waals surface area contributed by atoms with Crippen LogP contribution in [0, 0.1) is 11.8 Å². The van der Waals surface area contributed by atoms with Crippen molar-refractivity contribution in [3.8, 4) is 0 Å². The van der Waals surface area contributed by atoms with Crippen molar-refractivity contribution in [1.82, 2.24) is 0 Å². The lowest BCUT2D eigenvalue weighted by molar-refractivity contribution is -0.169. The second kappa shape index (κ2) is 13.8. The number of rotatable bonds is 14. The number of ether oxygens (including phenoxy) is 6. The molecule has 0 heterocycles. The van der Waals surface area contributed by atoms with Gasteiger partial charge in [0.15, 0.2) is 12.6 Å². The molecule has 0 rings (SSSR count). The van der Waals surface area contributed by atoms with Gasteiger partial charge in [0.25, 0.3) is 0 Å². The van der Waals surface area contributed by atoms with Gasteiger partial charge in [0.2, 0.25) is 0 Å². The maximum absolute atomic E-state index is 5.60. The highest BCUT2D eigenvalue weighted by atomic mass is 16.7. The fraction of sp³-hybridized carbons (Fsp3) is 0.889. The Labute approximate surface area is 147 Å². The lowest BCUT2D eigenvalue weighted by atomic mass is 9.99. The third-order valence-corrected chi connectivity index (χ3v) is 4.06. The second-order valence-electron chi connectivity index (χ2n) is 5.62. The summed E-state index contributed by atoms with van der Waals surface area (Å²) in [5.74, 6) is 0.0725. The van der Waals surface area contributed by atoms with E-state index < -0.39 is 0 Å². The topological polar surface area (TPSA) is 55.4 Å². The highest BCUT2D eigenvalue weighted by Crippen LogP contribution is 2.20. The fourth-order valence-electron chi connectivity index (χ4n) is 2.66. The first-order valence-corrected chi connectivity index (χ1v) is 8.53. The van der Waals surface area contributed by atoms with E-state index in [2.05, 4.69) is 0 Å². The Morgan fingerprint density at radius 1 is 0.625 bits per heavy atom. The van der Waals surface area contributed by atoms with E-state index in [-0.39, 0.29) is 36.6 Å². The minimum Gasteiger partial charge on any atom is -0.377 e. The molecule has 0 spiro atoms. The highest BCUT2D eigenvalue weighted by Gasteiger charge is 2.27. The summed E-state index contributed by atoms with van der Waals surface area (Å²) in [5.41, 5.74) is 0. The molecular formula is C18H36O6. The van der Waals surface area contributed by atoms with Crippen molar-refractivity contribution in [2.45, 2.75) is 52.5 Å². The molecule has 0 bridgehead atoms. The maximum atomic E-state index is 5.60. The fourth-order valence-corrected chi connectivity index (χ4v) is 2.66. The van der Waals surface area contributed by atoms with Crippen LogP contribution in [0.5, 0.6) is 0 Å². The first-order chi connectivity index (χ1) is 11.5. The van der Waals surface area contributed by atoms with E-state index in [9.17, 15) is 0 Å². The summed E-state index contributed by atoms with van der Waals surface area (Å²) in [6.07, 6.45) is 3.02. The smallest absolute Gasteiger partial charge is 0.162 e. The van der Waals surface area contributed by atoms with Crippen LogP contribution >= 0.6 is 0 Å². The second-order valence-corrected chi connectivity index (χ2v) is 5.62. The lowest BCUT2D eigenvalue weighted by Crippen LogP contribution is -2.35. The van der Waals surface area contributed by atoms with Gasteiger partial charge in [-0.2, -0.15) is 0 Å². The van der Waals surface area contributed by atoms with Crippen LogP contribution in [-0.2, 0) is 28.4 Å². The van der Waals surface area contributed by atoms with E-state index in [1.54, 1.807) is 28.4 Å². The van der Waals surface area contributed by atoms with E-state index in [0.29, 0.717) is 13.2 Å². The molecule has 0 fully saturated rings. The van der Waals surface area contributed by atoms with Gasteiger partial charge in [-0.15, -0.1) is 0 Å². The molecule has 6 nitrogen and oxygen atoms in total. The molecule has 0 saturated carbocycles. The van der Waals surface area contributed by atoms with E-state index in [1.165, 1.54) is 0 Å². The van der Waals surface area contributed by atoms with Crippen molar-refractivity contribution < 1.29 is 28.4 Å². The van der Waals surface area contributed by atoms with Gasteiger partial charge in [-0.25, -0.2) is 0 Å². The van der Waals surface area contributed by atoms with Crippen molar-refractivity contribution in [3.05, 3.63) is 12.2 Å². The Hall–Kier alpha value is -0.500. The molecule has 6 unspecified atom stereocenters. The Morgan fingerprint density at radius 3 is 1.17 bits per heavy atom. The Balaban J connectivity index is 4.98. The predicted octanol–water partition coefficient (Wildman–Crippen LogP) is 2.86. The van der Waals surface area contributed by atoms with Gasteiger partial charge in [0.05, 0.1) is 12.2 Å². The Morgan fingerprint density at radius 2 is 0.958 bits per heavy atom. The average Bonchev–Trinajstić information content (AvgIpc) is 2.60. The summed E-state index contributed by atoms with van der Waals surface area (Å²) in [6.45, 7) is 9.13. The number of hydrogen-bond acceptors (Lipinski definition) is 6. The molecule has 0 aliphatic heterocycles. The zero-order valence-corrected chi connectivity index (χ0v) is 16.5. The monoisotopic (exact) mass is 348 g/mol. The summed E-state index contributed by atoms with van der Waals surface area (Å²) in [4.78, 5) is 0. The third-order valence-electron chi connectivity index (χ3n) is 4.06.